The maximum Gasteiger partial charge on any atom is 0.257 e. The van der Waals surface area contributed by atoms with Crippen LogP contribution < -0.4 is 0 Å². The van der Waals surface area contributed by atoms with Crippen LogP contribution in [-0.4, -0.2) is 58.1 Å². The Morgan fingerprint density at radius 3 is 2.24 bits per heavy atom. The van der Waals surface area contributed by atoms with Crippen molar-refractivity contribution in [2.24, 2.45) is 0 Å². The van der Waals surface area contributed by atoms with E-state index in [1.54, 1.807) is 12.4 Å². The van der Waals surface area contributed by atoms with Crippen molar-refractivity contribution in [1.29, 1.82) is 0 Å². The van der Waals surface area contributed by atoms with Gasteiger partial charge in [0, 0.05) is 44.6 Å². The van der Waals surface area contributed by atoms with E-state index < -0.39 is 0 Å². The summed E-state index contributed by atoms with van der Waals surface area (Å²) in [6, 6.07) is 9.07. The van der Waals surface area contributed by atoms with Gasteiger partial charge < -0.3 is 4.90 Å². The van der Waals surface area contributed by atoms with Crippen LogP contribution in [0, 0.1) is 6.92 Å². The van der Waals surface area contributed by atoms with Crippen LogP contribution in [0.15, 0.2) is 41.8 Å². The highest BCUT2D eigenvalue weighted by Crippen LogP contribution is 2.22. The molecule has 2 heterocycles. The van der Waals surface area contributed by atoms with Crippen molar-refractivity contribution < 1.29 is 4.79 Å². The van der Waals surface area contributed by atoms with E-state index in [1.807, 2.05) is 11.2 Å². The Hall–Kier alpha value is -1.92. The van der Waals surface area contributed by atoms with Crippen LogP contribution in [0.1, 0.15) is 34.5 Å². The van der Waals surface area contributed by atoms with Gasteiger partial charge in [0.05, 0.1) is 5.56 Å². The molecule has 1 aromatic heterocycles. The zero-order valence-electron chi connectivity index (χ0n) is 15.0. The molecule has 3 rings (SSSR count). The molecule has 1 amide bonds. The van der Waals surface area contributed by atoms with Crippen molar-refractivity contribution in [3.63, 3.8) is 0 Å². The highest BCUT2D eigenvalue weighted by atomic mass is 32.2. The molecule has 2 aromatic rings. The summed E-state index contributed by atoms with van der Waals surface area (Å²) in [5.41, 5.74) is 3.17. The number of carbonyl (C=O) groups is 1. The van der Waals surface area contributed by atoms with Crippen molar-refractivity contribution in [2.45, 2.75) is 25.0 Å². The van der Waals surface area contributed by atoms with E-state index >= 15 is 0 Å². The second kappa shape index (κ2) is 7.97. The van der Waals surface area contributed by atoms with Gasteiger partial charge in [0.1, 0.15) is 0 Å². The summed E-state index contributed by atoms with van der Waals surface area (Å²) < 4.78 is 0. The van der Waals surface area contributed by atoms with Gasteiger partial charge in [-0.1, -0.05) is 41.6 Å². The molecule has 132 valence electrons. The molecule has 1 aliphatic heterocycles. The van der Waals surface area contributed by atoms with Gasteiger partial charge in [-0.05, 0) is 25.7 Å². The first kappa shape index (κ1) is 17.9. The molecule has 0 N–H and O–H groups in total. The Bertz CT molecular complexity index is 709. The molecule has 6 heteroatoms. The molecular weight excluding hydrogens is 332 g/mol. The van der Waals surface area contributed by atoms with Gasteiger partial charge in [-0.25, -0.2) is 9.97 Å². The fourth-order valence-electron chi connectivity index (χ4n) is 3.08. The maximum absolute atomic E-state index is 12.6. The lowest BCUT2D eigenvalue weighted by atomic mass is 10.0. The number of aryl methyl sites for hydroxylation is 1. The van der Waals surface area contributed by atoms with E-state index in [1.165, 1.54) is 22.9 Å². The molecule has 1 aromatic carbocycles. The standard InChI is InChI=1S/C19H24N4OS/c1-14-4-6-16(7-5-14)15(2)22-8-10-23(11-9-22)18(24)17-12-20-19(25-3)21-13-17/h4-7,12-13,15H,8-11H2,1-3H3/t15-/m1/s1. The Labute approximate surface area is 153 Å². The molecular formula is C19H24N4OS. The first-order chi connectivity index (χ1) is 12.1. The summed E-state index contributed by atoms with van der Waals surface area (Å²) in [6.45, 7) is 7.57. The molecule has 0 spiro atoms. The molecule has 5 nitrogen and oxygen atoms in total. The molecule has 0 radical (unpaired) electrons. The van der Waals surface area contributed by atoms with Crippen LogP contribution in [-0.2, 0) is 0 Å². The van der Waals surface area contributed by atoms with Crippen molar-refractivity contribution in [1.82, 2.24) is 19.8 Å². The van der Waals surface area contributed by atoms with E-state index in [9.17, 15) is 4.79 Å². The molecule has 1 atom stereocenters. The van der Waals surface area contributed by atoms with Crippen molar-refractivity contribution in [3.05, 3.63) is 53.3 Å². The maximum atomic E-state index is 12.6. The topological polar surface area (TPSA) is 49.3 Å². The first-order valence-corrected chi connectivity index (χ1v) is 9.77. The van der Waals surface area contributed by atoms with Crippen molar-refractivity contribution >= 4 is 17.7 Å². The molecule has 0 bridgehead atoms. The third-order valence-corrected chi connectivity index (χ3v) is 5.34. The van der Waals surface area contributed by atoms with Gasteiger partial charge in [-0.15, -0.1) is 0 Å². The monoisotopic (exact) mass is 356 g/mol. The zero-order chi connectivity index (χ0) is 17.8. The number of amides is 1. The fourth-order valence-corrected chi connectivity index (χ4v) is 3.40. The number of nitrogens with zero attached hydrogens (tertiary/aromatic N) is 4. The van der Waals surface area contributed by atoms with Gasteiger partial charge >= 0.3 is 0 Å². The van der Waals surface area contributed by atoms with Crippen LogP contribution in [0.25, 0.3) is 0 Å². The van der Waals surface area contributed by atoms with Gasteiger partial charge in [0.25, 0.3) is 5.91 Å². The third kappa shape index (κ3) is 4.19. The SMILES string of the molecule is CSc1ncc(C(=O)N2CCN([C@H](C)c3ccc(C)cc3)CC2)cn1. The second-order valence-electron chi connectivity index (χ2n) is 6.37. The summed E-state index contributed by atoms with van der Waals surface area (Å²) in [5.74, 6) is 0.0234. The Morgan fingerprint density at radius 2 is 1.68 bits per heavy atom. The van der Waals surface area contributed by atoms with Gasteiger partial charge in [-0.2, -0.15) is 0 Å². The lowest BCUT2D eigenvalue weighted by molar-refractivity contribution is 0.0581. The van der Waals surface area contributed by atoms with E-state index in [-0.39, 0.29) is 5.91 Å². The third-order valence-electron chi connectivity index (χ3n) is 4.77. The fraction of sp³-hybridized carbons (Fsp3) is 0.421. The summed E-state index contributed by atoms with van der Waals surface area (Å²) in [4.78, 5) is 25.3. The molecule has 0 aliphatic carbocycles. The minimum atomic E-state index is 0.0234. The highest BCUT2D eigenvalue weighted by Gasteiger charge is 2.25. The average molecular weight is 356 g/mol. The molecule has 1 aliphatic rings. The zero-order valence-corrected chi connectivity index (χ0v) is 15.8. The lowest BCUT2D eigenvalue weighted by Gasteiger charge is -2.38. The van der Waals surface area contributed by atoms with Crippen LogP contribution >= 0.6 is 11.8 Å². The molecule has 0 unspecified atom stereocenters. The number of hydrogen-bond acceptors (Lipinski definition) is 5. The van der Waals surface area contributed by atoms with E-state index in [2.05, 4.69) is 53.0 Å². The largest absolute Gasteiger partial charge is 0.336 e. The van der Waals surface area contributed by atoms with Crippen LogP contribution in [0.2, 0.25) is 0 Å². The minimum Gasteiger partial charge on any atom is -0.336 e. The number of hydrogen-bond donors (Lipinski definition) is 0. The predicted octanol–water partition coefficient (Wildman–Crippen LogP) is 3.03. The number of benzene rings is 1. The number of aromatic nitrogens is 2. The number of thioether (sulfide) groups is 1. The molecule has 25 heavy (non-hydrogen) atoms. The highest BCUT2D eigenvalue weighted by molar-refractivity contribution is 7.98. The number of carbonyl (C=O) groups excluding carboxylic acids is 1. The quantitative estimate of drug-likeness (QED) is 0.622. The summed E-state index contributed by atoms with van der Waals surface area (Å²) >= 11 is 1.47. The summed E-state index contributed by atoms with van der Waals surface area (Å²) in [7, 11) is 0. The average Bonchev–Trinajstić information content (AvgIpc) is 2.67. The normalized spacial score (nSPS) is 16.7. The predicted molar refractivity (Wildman–Crippen MR) is 101 cm³/mol. The van der Waals surface area contributed by atoms with E-state index in [0.29, 0.717) is 16.8 Å². The van der Waals surface area contributed by atoms with Crippen LogP contribution in [0.5, 0.6) is 0 Å². The number of rotatable bonds is 4. The molecule has 0 saturated carbocycles. The Morgan fingerprint density at radius 1 is 1.08 bits per heavy atom. The lowest BCUT2D eigenvalue weighted by Crippen LogP contribution is -2.49. The first-order valence-electron chi connectivity index (χ1n) is 8.54. The van der Waals surface area contributed by atoms with Gasteiger partial charge in [0.2, 0.25) is 0 Å². The Kier molecular flexibility index (Phi) is 5.71. The minimum absolute atomic E-state index is 0.0234. The number of piperazine rings is 1. The Balaban J connectivity index is 1.59. The molecule has 1 saturated heterocycles. The van der Waals surface area contributed by atoms with Gasteiger partial charge in [0.15, 0.2) is 5.16 Å². The second-order valence-corrected chi connectivity index (χ2v) is 7.15. The summed E-state index contributed by atoms with van der Waals surface area (Å²) in [5, 5.41) is 0.688. The van der Waals surface area contributed by atoms with Gasteiger partial charge in [-0.3, -0.25) is 9.69 Å². The van der Waals surface area contributed by atoms with Crippen LogP contribution in [0.3, 0.4) is 0 Å². The van der Waals surface area contributed by atoms with E-state index in [4.69, 9.17) is 0 Å². The van der Waals surface area contributed by atoms with Crippen LogP contribution in [0.4, 0.5) is 0 Å². The smallest absolute Gasteiger partial charge is 0.257 e. The van der Waals surface area contributed by atoms with E-state index in [0.717, 1.165) is 26.2 Å². The summed E-state index contributed by atoms with van der Waals surface area (Å²) in [6.07, 6.45) is 5.18. The molecule has 1 fully saturated rings. The van der Waals surface area contributed by atoms with Crippen molar-refractivity contribution in [2.75, 3.05) is 32.4 Å². The van der Waals surface area contributed by atoms with Crippen molar-refractivity contribution in [3.8, 4) is 0 Å².